The molecule has 1 aliphatic rings. The van der Waals surface area contributed by atoms with E-state index in [0.29, 0.717) is 16.4 Å². The van der Waals surface area contributed by atoms with Gasteiger partial charge in [0.25, 0.3) is 5.91 Å². The molecule has 1 aliphatic heterocycles. The Morgan fingerprint density at radius 1 is 1.06 bits per heavy atom. The highest BCUT2D eigenvalue weighted by molar-refractivity contribution is 7.13. The smallest absolute Gasteiger partial charge is 0.408 e. The van der Waals surface area contributed by atoms with Gasteiger partial charge in [-0.2, -0.15) is 0 Å². The molecule has 1 unspecified atom stereocenters. The minimum atomic E-state index is -0.528. The van der Waals surface area contributed by atoms with Crippen LogP contribution in [0.1, 0.15) is 44.3 Å². The molecule has 2 heterocycles. The number of thiazole rings is 1. The largest absolute Gasteiger partial charge is 0.445 e. The third-order valence-electron chi connectivity index (χ3n) is 5.65. The second-order valence-electron chi connectivity index (χ2n) is 8.38. The van der Waals surface area contributed by atoms with Gasteiger partial charge in [-0.05, 0) is 23.6 Å². The summed E-state index contributed by atoms with van der Waals surface area (Å²) in [5.41, 5.74) is 3.19. The molecule has 1 fully saturated rings. The number of ether oxygens (including phenoxy) is 2. The normalized spacial score (nSPS) is 14.8. The molecule has 3 aromatic rings. The van der Waals surface area contributed by atoms with Gasteiger partial charge in [0.15, 0.2) is 0 Å². The van der Waals surface area contributed by atoms with E-state index in [1.54, 1.807) is 0 Å². The van der Waals surface area contributed by atoms with Crippen LogP contribution in [0.2, 0.25) is 0 Å². The maximum atomic E-state index is 12.6. The summed E-state index contributed by atoms with van der Waals surface area (Å²) in [6.45, 7) is 6.83. The van der Waals surface area contributed by atoms with E-state index in [4.69, 9.17) is 9.47 Å². The van der Waals surface area contributed by atoms with Crippen LogP contribution in [0.4, 0.5) is 4.79 Å². The number of rotatable bonds is 9. The van der Waals surface area contributed by atoms with Crippen molar-refractivity contribution in [1.82, 2.24) is 20.5 Å². The molecule has 1 atom stereocenters. The molecule has 1 saturated heterocycles. The number of hydrogen-bond donors (Lipinski definition) is 2. The number of morpholine rings is 1. The van der Waals surface area contributed by atoms with Gasteiger partial charge >= 0.3 is 6.09 Å². The van der Waals surface area contributed by atoms with Crippen LogP contribution in [-0.2, 0) is 29.2 Å². The van der Waals surface area contributed by atoms with Crippen LogP contribution in [0.15, 0.2) is 60.8 Å². The third-order valence-corrected chi connectivity index (χ3v) is 6.83. The van der Waals surface area contributed by atoms with Gasteiger partial charge in [-0.1, -0.05) is 54.6 Å². The molecule has 1 aromatic heterocycles. The molecule has 8 nitrogen and oxygen atoms in total. The quantitative estimate of drug-likeness (QED) is 0.469. The van der Waals surface area contributed by atoms with E-state index in [-0.39, 0.29) is 18.6 Å². The molecule has 0 spiro atoms. The van der Waals surface area contributed by atoms with Gasteiger partial charge in [0.05, 0.1) is 25.5 Å². The van der Waals surface area contributed by atoms with Crippen LogP contribution in [0.5, 0.6) is 0 Å². The third kappa shape index (κ3) is 7.61. The van der Waals surface area contributed by atoms with Crippen LogP contribution in [0.25, 0.3) is 0 Å². The highest BCUT2D eigenvalue weighted by Crippen LogP contribution is 2.20. The monoisotopic (exact) mass is 494 g/mol. The maximum Gasteiger partial charge on any atom is 0.408 e. The first kappa shape index (κ1) is 24.8. The molecular weight excluding hydrogens is 464 g/mol. The average molecular weight is 495 g/mol. The molecule has 0 saturated carbocycles. The predicted molar refractivity (Wildman–Crippen MR) is 134 cm³/mol. The summed E-state index contributed by atoms with van der Waals surface area (Å²) in [6.07, 6.45) is 1.01. The zero-order chi connectivity index (χ0) is 24.5. The first-order valence-corrected chi connectivity index (χ1v) is 12.5. The van der Waals surface area contributed by atoms with Crippen molar-refractivity contribution in [3.63, 3.8) is 0 Å². The number of alkyl carbamates (subject to hydrolysis) is 1. The van der Waals surface area contributed by atoms with Crippen LogP contribution < -0.4 is 10.6 Å². The average Bonchev–Trinajstić information content (AvgIpc) is 3.39. The number of benzene rings is 2. The van der Waals surface area contributed by atoms with Gasteiger partial charge in [-0.25, -0.2) is 9.78 Å². The molecule has 35 heavy (non-hydrogen) atoms. The summed E-state index contributed by atoms with van der Waals surface area (Å²) < 4.78 is 10.6. The lowest BCUT2D eigenvalue weighted by Gasteiger charge is -2.26. The van der Waals surface area contributed by atoms with Crippen LogP contribution >= 0.6 is 11.3 Å². The summed E-state index contributed by atoms with van der Waals surface area (Å²) in [5, 5.41) is 6.33. The van der Waals surface area contributed by atoms with Gasteiger partial charge in [0.1, 0.15) is 16.5 Å². The topological polar surface area (TPSA) is 92.8 Å². The second kappa shape index (κ2) is 12.4. The van der Waals surface area contributed by atoms with Crippen molar-refractivity contribution in [2.45, 2.75) is 32.7 Å². The fourth-order valence-electron chi connectivity index (χ4n) is 3.65. The molecule has 0 aliphatic carbocycles. The Morgan fingerprint density at radius 2 is 1.77 bits per heavy atom. The summed E-state index contributed by atoms with van der Waals surface area (Å²) in [4.78, 5) is 31.9. The Bertz CT molecular complexity index is 1100. The van der Waals surface area contributed by atoms with E-state index in [0.717, 1.165) is 44.0 Å². The second-order valence-corrected chi connectivity index (χ2v) is 9.44. The molecule has 2 amide bonds. The van der Waals surface area contributed by atoms with E-state index in [9.17, 15) is 9.59 Å². The van der Waals surface area contributed by atoms with Gasteiger partial charge in [-0.3, -0.25) is 9.69 Å². The zero-order valence-corrected chi connectivity index (χ0v) is 20.6. The molecule has 2 aromatic carbocycles. The van der Waals surface area contributed by atoms with E-state index in [2.05, 4.69) is 32.7 Å². The predicted octanol–water partition coefficient (Wildman–Crippen LogP) is 3.89. The highest BCUT2D eigenvalue weighted by Gasteiger charge is 2.17. The van der Waals surface area contributed by atoms with E-state index >= 15 is 0 Å². The molecule has 2 N–H and O–H groups in total. The van der Waals surface area contributed by atoms with Crippen molar-refractivity contribution in [2.24, 2.45) is 0 Å². The summed E-state index contributed by atoms with van der Waals surface area (Å²) in [6, 6.07) is 17.4. The van der Waals surface area contributed by atoms with Crippen LogP contribution in [-0.4, -0.2) is 48.2 Å². The lowest BCUT2D eigenvalue weighted by molar-refractivity contribution is 0.0342. The first-order valence-electron chi connectivity index (χ1n) is 11.7. The number of amides is 2. The van der Waals surface area contributed by atoms with Crippen molar-refractivity contribution in [1.29, 1.82) is 0 Å². The van der Waals surface area contributed by atoms with Gasteiger partial charge in [-0.15, -0.1) is 11.3 Å². The minimum Gasteiger partial charge on any atom is -0.445 e. The summed E-state index contributed by atoms with van der Waals surface area (Å²) >= 11 is 1.25. The molecule has 4 rings (SSSR count). The molecular formula is C26H30N4O4S. The van der Waals surface area contributed by atoms with Crippen molar-refractivity contribution < 1.29 is 19.1 Å². The van der Waals surface area contributed by atoms with Crippen molar-refractivity contribution in [3.8, 4) is 0 Å². The number of nitrogens with zero attached hydrogens (tertiary/aromatic N) is 2. The van der Waals surface area contributed by atoms with Crippen LogP contribution in [0.3, 0.4) is 0 Å². The van der Waals surface area contributed by atoms with E-state index in [1.165, 1.54) is 23.1 Å². The summed E-state index contributed by atoms with van der Waals surface area (Å²) in [7, 11) is 0. The Morgan fingerprint density at radius 3 is 2.51 bits per heavy atom. The number of hydrogen-bond acceptors (Lipinski definition) is 7. The molecule has 9 heteroatoms. The number of carbonyl (C=O) groups is 2. The Labute approximate surface area is 209 Å². The SMILES string of the molecule is CC(NC(=O)OCc1ccccc1)c1ncc(C(=O)NCc2ccc(CN3CCOCC3)cc2)s1. The maximum absolute atomic E-state index is 12.6. The molecule has 0 bridgehead atoms. The van der Waals surface area contributed by atoms with Crippen molar-refractivity contribution >= 4 is 23.3 Å². The van der Waals surface area contributed by atoms with E-state index < -0.39 is 6.09 Å². The Hall–Kier alpha value is -3.27. The molecule has 0 radical (unpaired) electrons. The first-order chi connectivity index (χ1) is 17.1. The number of aromatic nitrogens is 1. The fraction of sp³-hybridized carbons (Fsp3) is 0.346. The van der Waals surface area contributed by atoms with Crippen LogP contribution in [0, 0.1) is 0 Å². The standard InChI is InChI=1S/C26H30N4O4S/c1-19(29-26(32)34-18-22-5-3-2-4-6-22)25-28-16-23(35-25)24(31)27-15-20-7-9-21(10-8-20)17-30-11-13-33-14-12-30/h2-10,16,19H,11-15,17-18H2,1H3,(H,27,31)(H,29,32). The molecule has 184 valence electrons. The fourth-order valence-corrected chi connectivity index (χ4v) is 4.48. The van der Waals surface area contributed by atoms with Crippen molar-refractivity contribution in [2.75, 3.05) is 26.3 Å². The number of carbonyl (C=O) groups excluding carboxylic acids is 2. The summed E-state index contributed by atoms with van der Waals surface area (Å²) in [5.74, 6) is -0.190. The van der Waals surface area contributed by atoms with E-state index in [1.807, 2.05) is 49.4 Å². The van der Waals surface area contributed by atoms with Crippen molar-refractivity contribution in [3.05, 3.63) is 87.4 Å². The lowest BCUT2D eigenvalue weighted by atomic mass is 10.1. The zero-order valence-electron chi connectivity index (χ0n) is 19.7. The van der Waals surface area contributed by atoms with Gasteiger partial charge in [0.2, 0.25) is 0 Å². The van der Waals surface area contributed by atoms with Gasteiger partial charge in [0, 0.05) is 26.2 Å². The Kier molecular flexibility index (Phi) is 8.83. The van der Waals surface area contributed by atoms with Gasteiger partial charge < -0.3 is 20.1 Å². The lowest BCUT2D eigenvalue weighted by Crippen LogP contribution is -2.35. The highest BCUT2D eigenvalue weighted by atomic mass is 32.1. The minimum absolute atomic E-state index is 0.190. The Balaban J connectivity index is 1.21. The number of nitrogens with one attached hydrogen (secondary N) is 2.